The van der Waals surface area contributed by atoms with E-state index in [1.165, 1.54) is 0 Å². The zero-order chi connectivity index (χ0) is 14.3. The van der Waals surface area contributed by atoms with Gasteiger partial charge < -0.3 is 14.0 Å². The highest BCUT2D eigenvalue weighted by Gasteiger charge is 2.43. The second-order valence-corrected chi connectivity index (χ2v) is 5.11. The molecule has 21 heavy (non-hydrogen) atoms. The maximum absolute atomic E-state index is 6.05. The van der Waals surface area contributed by atoms with E-state index in [1.54, 1.807) is 7.11 Å². The van der Waals surface area contributed by atoms with Gasteiger partial charge in [-0.25, -0.2) is 4.98 Å². The zero-order valence-corrected chi connectivity index (χ0v) is 11.8. The fourth-order valence-corrected chi connectivity index (χ4v) is 3.04. The molecule has 0 radical (unpaired) electrons. The lowest BCUT2D eigenvalue weighted by Crippen LogP contribution is -2.41. The molecule has 0 spiro atoms. The molecule has 0 bridgehead atoms. The Labute approximate surface area is 122 Å². The van der Waals surface area contributed by atoms with E-state index in [0.717, 1.165) is 29.0 Å². The van der Waals surface area contributed by atoms with Crippen molar-refractivity contribution in [1.29, 1.82) is 0 Å². The molecule has 4 heteroatoms. The monoisotopic (exact) mass is 280 g/mol. The summed E-state index contributed by atoms with van der Waals surface area (Å²) in [4.78, 5) is 4.77. The van der Waals surface area contributed by atoms with E-state index in [2.05, 4.69) is 10.6 Å². The summed E-state index contributed by atoms with van der Waals surface area (Å²) in [6, 6.07) is 18.1. The fourth-order valence-electron chi connectivity index (χ4n) is 3.04. The molecule has 4 rings (SSSR count). The molecular formula is C17H16N2O2. The summed E-state index contributed by atoms with van der Waals surface area (Å²) >= 11 is 0. The number of fused-ring (bicyclic) bond motifs is 3. The van der Waals surface area contributed by atoms with Gasteiger partial charge in [-0.15, -0.1) is 0 Å². The molecule has 1 unspecified atom stereocenters. The van der Waals surface area contributed by atoms with Gasteiger partial charge in [0.2, 0.25) is 0 Å². The molecular weight excluding hydrogens is 264 g/mol. The first-order valence-electron chi connectivity index (χ1n) is 7.05. The van der Waals surface area contributed by atoms with Crippen molar-refractivity contribution in [3.05, 3.63) is 66.0 Å². The molecule has 0 saturated heterocycles. The maximum atomic E-state index is 6.05. The number of imidazole rings is 1. The number of methoxy groups -OCH3 is 1. The minimum atomic E-state index is -0.932. The summed E-state index contributed by atoms with van der Waals surface area (Å²) in [7, 11) is 1.67. The fraction of sp³-hybridized carbons (Fsp3) is 0.235. The van der Waals surface area contributed by atoms with Crippen LogP contribution in [0.5, 0.6) is 0 Å². The van der Waals surface area contributed by atoms with Crippen molar-refractivity contribution < 1.29 is 9.47 Å². The van der Waals surface area contributed by atoms with Crippen molar-refractivity contribution in [1.82, 2.24) is 9.55 Å². The summed E-state index contributed by atoms with van der Waals surface area (Å²) in [5.41, 5.74) is 3.05. The van der Waals surface area contributed by atoms with Crippen LogP contribution in [-0.2, 0) is 21.8 Å². The van der Waals surface area contributed by atoms with Gasteiger partial charge >= 0.3 is 0 Å². The second kappa shape index (κ2) is 4.69. The summed E-state index contributed by atoms with van der Waals surface area (Å²) in [6.07, 6.45) is 0. The van der Waals surface area contributed by atoms with Crippen LogP contribution in [0, 0.1) is 0 Å². The van der Waals surface area contributed by atoms with Gasteiger partial charge in [0, 0.05) is 19.2 Å². The summed E-state index contributed by atoms with van der Waals surface area (Å²) in [5.74, 6) is -0.123. The number of nitrogens with zero attached hydrogens (tertiary/aromatic N) is 2. The molecule has 1 aromatic heterocycles. The smallest absolute Gasteiger partial charge is 0.255 e. The number of hydrogen-bond donors (Lipinski definition) is 0. The van der Waals surface area contributed by atoms with Crippen LogP contribution in [0.15, 0.2) is 54.6 Å². The Morgan fingerprint density at radius 3 is 2.67 bits per heavy atom. The number of hydrogen-bond acceptors (Lipinski definition) is 3. The predicted molar refractivity (Wildman–Crippen MR) is 79.9 cm³/mol. The highest BCUT2D eigenvalue weighted by molar-refractivity contribution is 5.76. The van der Waals surface area contributed by atoms with Gasteiger partial charge in [-0.05, 0) is 12.1 Å². The lowest BCUT2D eigenvalue weighted by Gasteiger charge is -2.36. The van der Waals surface area contributed by atoms with Crippen molar-refractivity contribution >= 4 is 11.0 Å². The molecule has 1 aliphatic heterocycles. The Bertz CT molecular complexity index is 782. The molecule has 0 amide bonds. The van der Waals surface area contributed by atoms with E-state index in [1.807, 2.05) is 48.5 Å². The van der Waals surface area contributed by atoms with E-state index >= 15 is 0 Å². The molecule has 1 aliphatic rings. The highest BCUT2D eigenvalue weighted by Crippen LogP contribution is 2.38. The number of ether oxygens (including phenoxy) is 2. The average molecular weight is 280 g/mol. The molecule has 106 valence electrons. The average Bonchev–Trinajstić information content (AvgIpc) is 2.95. The zero-order valence-electron chi connectivity index (χ0n) is 11.8. The van der Waals surface area contributed by atoms with Gasteiger partial charge in [-0.1, -0.05) is 42.5 Å². The van der Waals surface area contributed by atoms with E-state index < -0.39 is 5.79 Å². The van der Waals surface area contributed by atoms with Crippen LogP contribution in [0.1, 0.15) is 11.4 Å². The van der Waals surface area contributed by atoms with Gasteiger partial charge in [-0.3, -0.25) is 0 Å². The number of rotatable bonds is 2. The number of aromatic nitrogens is 2. The van der Waals surface area contributed by atoms with Gasteiger partial charge in [0.1, 0.15) is 0 Å². The lowest BCUT2D eigenvalue weighted by atomic mass is 10.0. The third-order valence-electron chi connectivity index (χ3n) is 4.01. The lowest BCUT2D eigenvalue weighted by molar-refractivity contribution is -0.220. The molecule has 4 nitrogen and oxygen atoms in total. The Hall–Kier alpha value is -2.17. The maximum Gasteiger partial charge on any atom is 0.255 e. The molecule has 3 aromatic rings. The van der Waals surface area contributed by atoms with E-state index in [9.17, 15) is 0 Å². The van der Waals surface area contributed by atoms with E-state index in [-0.39, 0.29) is 0 Å². The molecule has 0 fully saturated rings. The third kappa shape index (κ3) is 1.73. The summed E-state index contributed by atoms with van der Waals surface area (Å²) in [5, 5.41) is 0. The topological polar surface area (TPSA) is 36.3 Å². The first kappa shape index (κ1) is 12.6. The Kier molecular flexibility index (Phi) is 2.80. The molecule has 2 heterocycles. The van der Waals surface area contributed by atoms with Crippen LogP contribution in [0.4, 0.5) is 0 Å². The van der Waals surface area contributed by atoms with E-state index in [4.69, 9.17) is 14.5 Å². The number of para-hydroxylation sites is 2. The molecule has 1 atom stereocenters. The molecule has 0 N–H and O–H groups in total. The number of benzene rings is 2. The highest BCUT2D eigenvalue weighted by atomic mass is 16.7. The van der Waals surface area contributed by atoms with Crippen LogP contribution in [0.3, 0.4) is 0 Å². The van der Waals surface area contributed by atoms with Crippen LogP contribution in [0.25, 0.3) is 11.0 Å². The largest absolute Gasteiger partial charge is 0.343 e. The minimum Gasteiger partial charge on any atom is -0.343 e. The van der Waals surface area contributed by atoms with Gasteiger partial charge in [-0.2, -0.15) is 0 Å². The van der Waals surface area contributed by atoms with Crippen molar-refractivity contribution in [2.75, 3.05) is 13.7 Å². The van der Waals surface area contributed by atoms with Gasteiger partial charge in [0.25, 0.3) is 5.79 Å². The third-order valence-corrected chi connectivity index (χ3v) is 4.01. The van der Waals surface area contributed by atoms with Crippen LogP contribution < -0.4 is 0 Å². The normalized spacial score (nSPS) is 21.4. The Morgan fingerprint density at radius 1 is 1.10 bits per heavy atom. The Morgan fingerprint density at radius 2 is 1.86 bits per heavy atom. The molecule has 0 saturated carbocycles. The summed E-state index contributed by atoms with van der Waals surface area (Å²) < 4.78 is 14.1. The summed E-state index contributed by atoms with van der Waals surface area (Å²) in [6.45, 7) is 1.38. The van der Waals surface area contributed by atoms with Crippen molar-refractivity contribution in [3.8, 4) is 0 Å². The van der Waals surface area contributed by atoms with Crippen molar-refractivity contribution in [2.45, 2.75) is 12.3 Å². The SMILES string of the molecule is COC1(c2ccccc2)OCCn2c1nc1ccccc12. The molecule has 0 aliphatic carbocycles. The first-order valence-corrected chi connectivity index (χ1v) is 7.05. The second-order valence-electron chi connectivity index (χ2n) is 5.11. The standard InChI is InChI=1S/C17H16N2O2/c1-20-17(13-7-3-2-4-8-13)16-18-14-9-5-6-10-15(14)19(16)11-12-21-17/h2-10H,11-12H2,1H3. The van der Waals surface area contributed by atoms with Crippen LogP contribution in [-0.4, -0.2) is 23.3 Å². The Balaban J connectivity index is 2.00. The quantitative estimate of drug-likeness (QED) is 0.724. The molecule has 2 aromatic carbocycles. The van der Waals surface area contributed by atoms with Crippen molar-refractivity contribution in [3.63, 3.8) is 0 Å². The predicted octanol–water partition coefficient (Wildman–Crippen LogP) is 2.91. The van der Waals surface area contributed by atoms with Crippen LogP contribution >= 0.6 is 0 Å². The van der Waals surface area contributed by atoms with E-state index in [0.29, 0.717) is 6.61 Å². The van der Waals surface area contributed by atoms with Crippen molar-refractivity contribution in [2.24, 2.45) is 0 Å². The van der Waals surface area contributed by atoms with Gasteiger partial charge in [0.15, 0.2) is 5.82 Å². The minimum absolute atomic E-state index is 0.593. The van der Waals surface area contributed by atoms with Gasteiger partial charge in [0.05, 0.1) is 17.6 Å². The first-order chi connectivity index (χ1) is 10.3. The van der Waals surface area contributed by atoms with Crippen LogP contribution in [0.2, 0.25) is 0 Å².